The summed E-state index contributed by atoms with van der Waals surface area (Å²) in [6.07, 6.45) is 0.279. The first kappa shape index (κ1) is 26.5. The molecule has 0 aromatic carbocycles. The number of imidazole rings is 1. The number of hydrogen-bond donors (Lipinski definition) is 9. The van der Waals surface area contributed by atoms with Crippen LogP contribution in [0.15, 0.2) is 12.5 Å². The number of carbonyl (C=O) groups is 5. The summed E-state index contributed by atoms with van der Waals surface area (Å²) in [4.78, 5) is 65.8. The molecule has 32 heavy (non-hydrogen) atoms. The predicted molar refractivity (Wildman–Crippen MR) is 105 cm³/mol. The van der Waals surface area contributed by atoms with Gasteiger partial charge in [-0.1, -0.05) is 0 Å². The average Bonchev–Trinajstić information content (AvgIpc) is 3.22. The molecule has 0 saturated heterocycles. The molecule has 10 N–H and O–H groups in total. The maximum atomic E-state index is 12.5. The molecule has 0 aliphatic carbocycles. The van der Waals surface area contributed by atoms with E-state index in [1.54, 1.807) is 0 Å². The predicted octanol–water partition coefficient (Wildman–Crippen LogP) is -4.33. The maximum absolute atomic E-state index is 12.5. The van der Waals surface area contributed by atoms with Gasteiger partial charge in [0.1, 0.15) is 24.2 Å². The summed E-state index contributed by atoms with van der Waals surface area (Å²) in [5.41, 5.74) is 5.82. The van der Waals surface area contributed by atoms with E-state index in [0.29, 0.717) is 5.69 Å². The number of aliphatic carboxylic acids is 2. The Balaban J connectivity index is 2.89. The summed E-state index contributed by atoms with van der Waals surface area (Å²) < 4.78 is 0. The van der Waals surface area contributed by atoms with Crippen molar-refractivity contribution in [2.24, 2.45) is 5.73 Å². The van der Waals surface area contributed by atoms with Crippen LogP contribution in [0.5, 0.6) is 0 Å². The molecule has 0 aliphatic rings. The molecule has 1 aromatic rings. The van der Waals surface area contributed by atoms with Crippen molar-refractivity contribution in [2.45, 2.75) is 50.0 Å². The van der Waals surface area contributed by atoms with E-state index in [2.05, 4.69) is 25.9 Å². The van der Waals surface area contributed by atoms with Gasteiger partial charge in [0.2, 0.25) is 17.7 Å². The normalized spacial score (nSPS) is 15.5. The highest BCUT2D eigenvalue weighted by atomic mass is 16.4. The molecule has 15 heteroatoms. The van der Waals surface area contributed by atoms with E-state index < -0.39 is 73.0 Å². The summed E-state index contributed by atoms with van der Waals surface area (Å²) in [7, 11) is 0. The van der Waals surface area contributed by atoms with Gasteiger partial charge in [-0.05, 0) is 6.92 Å². The number of rotatable bonds is 13. The number of aromatic nitrogens is 2. The Morgan fingerprint density at radius 3 is 2.06 bits per heavy atom. The van der Waals surface area contributed by atoms with Crippen LogP contribution in [0, 0.1) is 0 Å². The lowest BCUT2D eigenvalue weighted by Gasteiger charge is -2.24. The first-order valence-electron chi connectivity index (χ1n) is 9.33. The van der Waals surface area contributed by atoms with Gasteiger partial charge in [0.05, 0.1) is 25.5 Å². The summed E-state index contributed by atoms with van der Waals surface area (Å²) in [6.45, 7) is 0.302. The number of aromatic amines is 1. The SMILES string of the molecule is CC(O)C(N)C(=O)NC(CO)C(=O)NC(CC(=O)O)C(=O)NC(Cc1cnc[nH]1)C(=O)O. The number of nitrogens with zero attached hydrogens (tertiary/aromatic N) is 1. The van der Waals surface area contributed by atoms with E-state index in [-0.39, 0.29) is 6.42 Å². The number of nitrogens with one attached hydrogen (secondary N) is 4. The minimum atomic E-state index is -1.72. The second kappa shape index (κ2) is 12.3. The van der Waals surface area contributed by atoms with E-state index >= 15 is 0 Å². The van der Waals surface area contributed by atoms with Crippen molar-refractivity contribution in [2.75, 3.05) is 6.61 Å². The van der Waals surface area contributed by atoms with Gasteiger partial charge in [0, 0.05) is 18.3 Å². The van der Waals surface area contributed by atoms with Crippen molar-refractivity contribution in [1.82, 2.24) is 25.9 Å². The van der Waals surface area contributed by atoms with Crippen LogP contribution in [0.1, 0.15) is 19.0 Å². The van der Waals surface area contributed by atoms with Crippen molar-refractivity contribution in [1.29, 1.82) is 0 Å². The van der Waals surface area contributed by atoms with Crippen molar-refractivity contribution < 1.29 is 44.4 Å². The molecule has 178 valence electrons. The van der Waals surface area contributed by atoms with Crippen molar-refractivity contribution in [3.8, 4) is 0 Å². The molecule has 0 saturated carbocycles. The van der Waals surface area contributed by atoms with Crippen LogP contribution in [0.2, 0.25) is 0 Å². The van der Waals surface area contributed by atoms with E-state index in [0.717, 1.165) is 0 Å². The van der Waals surface area contributed by atoms with Crippen molar-refractivity contribution in [3.05, 3.63) is 18.2 Å². The van der Waals surface area contributed by atoms with Gasteiger partial charge in [0.25, 0.3) is 0 Å². The Morgan fingerprint density at radius 2 is 1.59 bits per heavy atom. The molecule has 0 aliphatic heterocycles. The van der Waals surface area contributed by atoms with Gasteiger partial charge in [0.15, 0.2) is 0 Å². The highest BCUT2D eigenvalue weighted by Crippen LogP contribution is 2.02. The first-order chi connectivity index (χ1) is 15.0. The van der Waals surface area contributed by atoms with Crippen LogP contribution in [-0.4, -0.2) is 96.9 Å². The van der Waals surface area contributed by atoms with Gasteiger partial charge < -0.3 is 47.1 Å². The molecule has 1 heterocycles. The van der Waals surface area contributed by atoms with Gasteiger partial charge in [-0.3, -0.25) is 19.2 Å². The van der Waals surface area contributed by atoms with E-state index in [4.69, 9.17) is 10.8 Å². The minimum absolute atomic E-state index is 0.193. The molecular formula is C17H26N6O9. The molecule has 0 radical (unpaired) electrons. The smallest absolute Gasteiger partial charge is 0.326 e. The third-order valence-electron chi connectivity index (χ3n) is 4.24. The second-order valence-corrected chi connectivity index (χ2v) is 6.85. The van der Waals surface area contributed by atoms with Crippen LogP contribution in [0.3, 0.4) is 0 Å². The zero-order valence-corrected chi connectivity index (χ0v) is 17.0. The van der Waals surface area contributed by atoms with Gasteiger partial charge in [-0.15, -0.1) is 0 Å². The molecule has 0 fully saturated rings. The molecule has 15 nitrogen and oxygen atoms in total. The molecule has 1 aromatic heterocycles. The lowest BCUT2D eigenvalue weighted by atomic mass is 10.1. The fourth-order valence-electron chi connectivity index (χ4n) is 2.43. The summed E-state index contributed by atoms with van der Waals surface area (Å²) >= 11 is 0. The van der Waals surface area contributed by atoms with E-state index in [1.807, 2.05) is 0 Å². The van der Waals surface area contributed by atoms with E-state index in [1.165, 1.54) is 19.4 Å². The van der Waals surface area contributed by atoms with Crippen LogP contribution in [0.4, 0.5) is 0 Å². The Labute approximate surface area is 181 Å². The third-order valence-corrected chi connectivity index (χ3v) is 4.24. The minimum Gasteiger partial charge on any atom is -0.481 e. The van der Waals surface area contributed by atoms with Crippen LogP contribution >= 0.6 is 0 Å². The van der Waals surface area contributed by atoms with Gasteiger partial charge >= 0.3 is 11.9 Å². The maximum Gasteiger partial charge on any atom is 0.326 e. The number of carbonyl (C=O) groups excluding carboxylic acids is 3. The van der Waals surface area contributed by atoms with Gasteiger partial charge in [-0.2, -0.15) is 0 Å². The molecule has 0 bridgehead atoms. The van der Waals surface area contributed by atoms with Crippen LogP contribution < -0.4 is 21.7 Å². The number of nitrogens with two attached hydrogens (primary N) is 1. The Morgan fingerprint density at radius 1 is 1.03 bits per heavy atom. The Hall–Kier alpha value is -3.56. The highest BCUT2D eigenvalue weighted by molar-refractivity contribution is 5.95. The fraction of sp³-hybridized carbons (Fsp3) is 0.529. The molecule has 5 atom stereocenters. The number of carboxylic acid groups (broad SMARTS) is 2. The largest absolute Gasteiger partial charge is 0.481 e. The summed E-state index contributed by atoms with van der Waals surface area (Å²) in [5, 5.41) is 43.3. The lowest BCUT2D eigenvalue weighted by Crippen LogP contribution is -2.59. The first-order valence-corrected chi connectivity index (χ1v) is 9.33. The number of hydrogen-bond acceptors (Lipinski definition) is 9. The Bertz CT molecular complexity index is 813. The standard InChI is InChI=1S/C17H26N6O9/c1-7(25)13(18)16(30)23-11(5-24)15(29)21-9(3-12(26)27)14(28)22-10(17(31)32)2-8-4-19-6-20-8/h4,6-7,9-11,13,24-25H,2-3,5,18H2,1H3,(H,19,20)(H,21,29)(H,22,28)(H,23,30)(H,26,27)(H,31,32). The highest BCUT2D eigenvalue weighted by Gasteiger charge is 2.32. The zero-order chi connectivity index (χ0) is 24.4. The topological polar surface area (TPSA) is 257 Å². The number of H-pyrrole nitrogens is 1. The lowest BCUT2D eigenvalue weighted by molar-refractivity contribution is -0.143. The van der Waals surface area contributed by atoms with Crippen molar-refractivity contribution in [3.63, 3.8) is 0 Å². The second-order valence-electron chi connectivity index (χ2n) is 6.85. The monoisotopic (exact) mass is 458 g/mol. The number of aliphatic hydroxyl groups is 2. The number of amides is 3. The molecule has 3 amide bonds. The fourth-order valence-corrected chi connectivity index (χ4v) is 2.43. The zero-order valence-electron chi connectivity index (χ0n) is 17.0. The van der Waals surface area contributed by atoms with Gasteiger partial charge in [-0.25, -0.2) is 9.78 Å². The molecule has 1 rings (SSSR count). The van der Waals surface area contributed by atoms with Crippen LogP contribution in [0.25, 0.3) is 0 Å². The number of aliphatic hydroxyl groups excluding tert-OH is 2. The summed E-state index contributed by atoms with van der Waals surface area (Å²) in [5.74, 6) is -6.11. The van der Waals surface area contributed by atoms with E-state index in [9.17, 15) is 39.3 Å². The quantitative estimate of drug-likeness (QED) is 0.136. The van der Waals surface area contributed by atoms with Crippen LogP contribution in [-0.2, 0) is 30.4 Å². The van der Waals surface area contributed by atoms with Crippen molar-refractivity contribution >= 4 is 29.7 Å². The summed E-state index contributed by atoms with van der Waals surface area (Å²) in [6, 6.07) is -6.21. The third kappa shape index (κ3) is 8.29. The molecule has 0 spiro atoms. The molecule has 5 unspecified atom stereocenters. The average molecular weight is 458 g/mol. The Kier molecular flexibility index (Phi) is 10.2. The number of carboxylic acids is 2. The molecular weight excluding hydrogens is 432 g/mol.